The number of carbonyl (C=O) groups excluding carboxylic acids is 1. The van der Waals surface area contributed by atoms with Crippen molar-refractivity contribution in [2.75, 3.05) is 6.54 Å². The van der Waals surface area contributed by atoms with Crippen molar-refractivity contribution in [1.29, 1.82) is 5.26 Å². The van der Waals surface area contributed by atoms with Crippen LogP contribution in [0.4, 0.5) is 13.2 Å². The zero-order chi connectivity index (χ0) is 17.6. The van der Waals surface area contributed by atoms with Crippen LogP contribution in [0.5, 0.6) is 0 Å². The summed E-state index contributed by atoms with van der Waals surface area (Å²) in [6.45, 7) is -1.36. The van der Waals surface area contributed by atoms with E-state index in [1.54, 1.807) is 42.5 Å². The Hall–Kier alpha value is -2.46. The molecular formula is C17H13F3N2OS. The molecule has 0 heterocycles. The number of rotatable bonds is 5. The van der Waals surface area contributed by atoms with Gasteiger partial charge in [-0.15, -0.1) is 11.8 Å². The molecule has 0 saturated heterocycles. The molecule has 3 nitrogen and oxygen atoms in total. The largest absolute Gasteiger partial charge is 0.405 e. The van der Waals surface area contributed by atoms with Gasteiger partial charge < -0.3 is 5.32 Å². The predicted molar refractivity (Wildman–Crippen MR) is 85.5 cm³/mol. The molecule has 24 heavy (non-hydrogen) atoms. The number of amides is 1. The van der Waals surface area contributed by atoms with Gasteiger partial charge in [0.05, 0.1) is 17.2 Å². The Morgan fingerprint density at radius 2 is 1.79 bits per heavy atom. The Balaban J connectivity index is 2.05. The minimum atomic E-state index is -4.44. The first-order valence-corrected chi connectivity index (χ1v) is 7.93. The molecule has 124 valence electrons. The van der Waals surface area contributed by atoms with Gasteiger partial charge >= 0.3 is 6.18 Å². The van der Waals surface area contributed by atoms with Gasteiger partial charge in [0.15, 0.2) is 0 Å². The summed E-state index contributed by atoms with van der Waals surface area (Å²) in [5, 5.41) is 10.6. The van der Waals surface area contributed by atoms with Crippen molar-refractivity contribution in [2.45, 2.75) is 16.8 Å². The number of hydrogen-bond acceptors (Lipinski definition) is 3. The fourth-order valence-corrected chi connectivity index (χ4v) is 2.90. The monoisotopic (exact) mass is 350 g/mol. The van der Waals surface area contributed by atoms with Gasteiger partial charge in [0.2, 0.25) is 0 Å². The lowest BCUT2D eigenvalue weighted by Gasteiger charge is -2.11. The van der Waals surface area contributed by atoms with Gasteiger partial charge in [-0.2, -0.15) is 18.4 Å². The number of thioether (sulfide) groups is 1. The Kier molecular flexibility index (Phi) is 5.88. The van der Waals surface area contributed by atoms with E-state index in [-0.39, 0.29) is 5.56 Å². The van der Waals surface area contributed by atoms with Gasteiger partial charge in [-0.1, -0.05) is 24.3 Å². The Morgan fingerprint density at radius 3 is 2.42 bits per heavy atom. The highest BCUT2D eigenvalue weighted by Gasteiger charge is 2.28. The van der Waals surface area contributed by atoms with E-state index in [4.69, 9.17) is 5.26 Å². The zero-order valence-corrected chi connectivity index (χ0v) is 13.2. The summed E-state index contributed by atoms with van der Waals surface area (Å²) < 4.78 is 36.7. The van der Waals surface area contributed by atoms with Crippen molar-refractivity contribution in [3.8, 4) is 6.07 Å². The Morgan fingerprint density at radius 1 is 1.12 bits per heavy atom. The average molecular weight is 350 g/mol. The molecule has 2 rings (SSSR count). The minimum Gasteiger partial charge on any atom is -0.343 e. The molecule has 2 aromatic rings. The molecule has 0 unspecified atom stereocenters. The van der Waals surface area contributed by atoms with E-state index in [2.05, 4.69) is 0 Å². The summed E-state index contributed by atoms with van der Waals surface area (Å²) in [4.78, 5) is 12.5. The van der Waals surface area contributed by atoms with E-state index in [9.17, 15) is 18.0 Å². The minimum absolute atomic E-state index is 0.209. The third-order valence-corrected chi connectivity index (χ3v) is 4.20. The zero-order valence-electron chi connectivity index (χ0n) is 12.4. The lowest BCUT2D eigenvalue weighted by atomic mass is 10.2. The number of nitriles is 1. The summed E-state index contributed by atoms with van der Waals surface area (Å²) in [6.07, 6.45) is -4.44. The summed E-state index contributed by atoms with van der Waals surface area (Å²) in [5.74, 6) is -0.217. The molecule has 0 aliphatic heterocycles. The number of benzene rings is 2. The van der Waals surface area contributed by atoms with E-state index in [1.165, 1.54) is 17.8 Å². The number of halogens is 3. The third kappa shape index (κ3) is 5.32. The van der Waals surface area contributed by atoms with Gasteiger partial charge in [0, 0.05) is 10.6 Å². The molecule has 0 aromatic heterocycles. The second-order valence-corrected chi connectivity index (χ2v) is 5.91. The molecule has 1 amide bonds. The molecular weight excluding hydrogens is 337 g/mol. The number of alkyl halides is 3. The van der Waals surface area contributed by atoms with Gasteiger partial charge in [0.25, 0.3) is 5.91 Å². The van der Waals surface area contributed by atoms with Crippen LogP contribution < -0.4 is 5.32 Å². The molecule has 2 aromatic carbocycles. The van der Waals surface area contributed by atoms with E-state index < -0.39 is 18.6 Å². The highest BCUT2D eigenvalue weighted by atomic mass is 32.2. The topological polar surface area (TPSA) is 52.9 Å². The van der Waals surface area contributed by atoms with E-state index in [0.29, 0.717) is 16.2 Å². The predicted octanol–water partition coefficient (Wildman–Crippen LogP) is 4.14. The summed E-state index contributed by atoms with van der Waals surface area (Å²) in [5.41, 5.74) is 1.71. The highest BCUT2D eigenvalue weighted by Crippen LogP contribution is 2.26. The first-order chi connectivity index (χ1) is 11.4. The molecule has 0 atom stereocenters. The van der Waals surface area contributed by atoms with Gasteiger partial charge in [-0.05, 0) is 29.8 Å². The number of carbonyl (C=O) groups is 1. The average Bonchev–Trinajstić information content (AvgIpc) is 2.58. The van der Waals surface area contributed by atoms with Crippen molar-refractivity contribution >= 4 is 17.7 Å². The van der Waals surface area contributed by atoms with Gasteiger partial charge in [-0.3, -0.25) is 4.79 Å². The van der Waals surface area contributed by atoms with Crippen LogP contribution in [0.2, 0.25) is 0 Å². The van der Waals surface area contributed by atoms with Gasteiger partial charge in [0.1, 0.15) is 6.54 Å². The van der Waals surface area contributed by atoms with Crippen LogP contribution in [0.25, 0.3) is 0 Å². The number of nitrogens with one attached hydrogen (secondary N) is 1. The molecule has 0 aliphatic rings. The summed E-state index contributed by atoms with van der Waals surface area (Å²) >= 11 is 1.35. The Labute approximate surface area is 141 Å². The van der Waals surface area contributed by atoms with Crippen LogP contribution in [0.1, 0.15) is 21.5 Å². The standard InChI is InChI=1S/C17H13F3N2OS/c18-17(19,20)11-22-16(23)14-3-1-2-4-15(14)24-10-13-7-5-12(9-21)6-8-13/h1-8H,10-11H2,(H,22,23). The van der Waals surface area contributed by atoms with Gasteiger partial charge in [-0.25, -0.2) is 0 Å². The Bertz CT molecular complexity index is 752. The summed E-state index contributed by atoms with van der Waals surface area (Å²) in [6, 6.07) is 15.5. The van der Waals surface area contributed by atoms with Crippen molar-refractivity contribution < 1.29 is 18.0 Å². The van der Waals surface area contributed by atoms with E-state index >= 15 is 0 Å². The van der Waals surface area contributed by atoms with Crippen LogP contribution >= 0.6 is 11.8 Å². The second-order valence-electron chi connectivity index (χ2n) is 4.89. The number of nitrogens with zero attached hydrogens (tertiary/aromatic N) is 1. The molecule has 0 radical (unpaired) electrons. The second kappa shape index (κ2) is 7.88. The highest BCUT2D eigenvalue weighted by molar-refractivity contribution is 7.98. The maximum absolute atomic E-state index is 12.2. The van der Waals surface area contributed by atoms with Crippen molar-refractivity contribution in [3.05, 3.63) is 65.2 Å². The normalized spacial score (nSPS) is 10.9. The first-order valence-electron chi connectivity index (χ1n) is 6.95. The smallest absolute Gasteiger partial charge is 0.343 e. The lowest BCUT2D eigenvalue weighted by molar-refractivity contribution is -0.123. The van der Waals surface area contributed by atoms with Crippen LogP contribution in [-0.2, 0) is 5.75 Å². The molecule has 0 spiro atoms. The number of hydrogen-bond donors (Lipinski definition) is 1. The maximum atomic E-state index is 12.2. The molecule has 7 heteroatoms. The maximum Gasteiger partial charge on any atom is 0.405 e. The van der Waals surface area contributed by atoms with Crippen LogP contribution in [0, 0.1) is 11.3 Å². The van der Waals surface area contributed by atoms with Crippen LogP contribution in [0.15, 0.2) is 53.4 Å². The molecule has 0 fully saturated rings. The molecule has 0 bridgehead atoms. The third-order valence-electron chi connectivity index (χ3n) is 3.06. The van der Waals surface area contributed by atoms with Crippen molar-refractivity contribution in [1.82, 2.24) is 5.32 Å². The first kappa shape index (κ1) is 17.9. The van der Waals surface area contributed by atoms with E-state index in [0.717, 1.165) is 5.56 Å². The van der Waals surface area contributed by atoms with Crippen LogP contribution in [-0.4, -0.2) is 18.6 Å². The molecule has 0 saturated carbocycles. The fraction of sp³-hybridized carbons (Fsp3) is 0.176. The SMILES string of the molecule is N#Cc1ccc(CSc2ccccc2C(=O)NCC(F)(F)F)cc1. The fourth-order valence-electron chi connectivity index (χ4n) is 1.89. The van der Waals surface area contributed by atoms with E-state index in [1.807, 2.05) is 11.4 Å². The molecule has 0 aliphatic carbocycles. The lowest BCUT2D eigenvalue weighted by Crippen LogP contribution is -2.33. The quantitative estimate of drug-likeness (QED) is 0.825. The summed E-state index contributed by atoms with van der Waals surface area (Å²) in [7, 11) is 0. The van der Waals surface area contributed by atoms with Crippen molar-refractivity contribution in [2.24, 2.45) is 0 Å². The molecule has 1 N–H and O–H groups in total. The van der Waals surface area contributed by atoms with Crippen molar-refractivity contribution in [3.63, 3.8) is 0 Å². The van der Waals surface area contributed by atoms with Crippen LogP contribution in [0.3, 0.4) is 0 Å².